The maximum Gasteiger partial charge on any atom is 0.132 e. The van der Waals surface area contributed by atoms with E-state index < -0.39 is 0 Å². The first-order valence-corrected chi connectivity index (χ1v) is 6.75. The van der Waals surface area contributed by atoms with Crippen LogP contribution >= 0.6 is 0 Å². The molecule has 0 radical (unpaired) electrons. The van der Waals surface area contributed by atoms with Crippen LogP contribution in [-0.4, -0.2) is 9.97 Å². The fourth-order valence-electron chi connectivity index (χ4n) is 2.46. The van der Waals surface area contributed by atoms with E-state index >= 15 is 0 Å². The summed E-state index contributed by atoms with van der Waals surface area (Å²) in [6.45, 7) is 2.09. The quantitative estimate of drug-likeness (QED) is 0.660. The molecule has 1 saturated heterocycles. The standard InChI is InChI=1S/C17H14N2O/c1-11-6-8-12(9-7-11)16-17(20-16)15-10-18-13-4-2-3-5-14(13)19-15/h2-10,16-17H,1H3/t16-,17+/m1/s1. The minimum atomic E-state index is 0.0369. The van der Waals surface area contributed by atoms with E-state index in [1.165, 1.54) is 11.1 Å². The predicted octanol–water partition coefficient (Wildman–Crippen LogP) is 3.75. The third kappa shape index (κ3) is 1.96. The van der Waals surface area contributed by atoms with E-state index in [1.807, 2.05) is 30.5 Å². The summed E-state index contributed by atoms with van der Waals surface area (Å²) in [7, 11) is 0. The van der Waals surface area contributed by atoms with E-state index in [-0.39, 0.29) is 12.2 Å². The topological polar surface area (TPSA) is 38.3 Å². The van der Waals surface area contributed by atoms with Crippen LogP contribution < -0.4 is 0 Å². The van der Waals surface area contributed by atoms with Crippen molar-refractivity contribution in [3.63, 3.8) is 0 Å². The molecule has 2 aromatic carbocycles. The monoisotopic (exact) mass is 262 g/mol. The zero-order valence-electron chi connectivity index (χ0n) is 11.2. The van der Waals surface area contributed by atoms with E-state index in [0.717, 1.165) is 16.7 Å². The average molecular weight is 262 g/mol. The number of aryl methyl sites for hydroxylation is 1. The van der Waals surface area contributed by atoms with Gasteiger partial charge >= 0.3 is 0 Å². The normalized spacial score (nSPS) is 21.1. The van der Waals surface area contributed by atoms with Crippen molar-refractivity contribution in [3.05, 3.63) is 71.5 Å². The molecular weight excluding hydrogens is 248 g/mol. The summed E-state index contributed by atoms with van der Waals surface area (Å²) in [5, 5.41) is 0. The first-order valence-electron chi connectivity index (χ1n) is 6.75. The van der Waals surface area contributed by atoms with Crippen molar-refractivity contribution in [2.24, 2.45) is 0 Å². The van der Waals surface area contributed by atoms with Crippen LogP contribution in [-0.2, 0) is 4.74 Å². The lowest BCUT2D eigenvalue weighted by Gasteiger charge is -2.00. The molecule has 0 aliphatic carbocycles. The van der Waals surface area contributed by atoms with Crippen LogP contribution in [0.15, 0.2) is 54.7 Å². The molecule has 0 saturated carbocycles. The van der Waals surface area contributed by atoms with Crippen LogP contribution in [0.2, 0.25) is 0 Å². The average Bonchev–Trinajstić information content (AvgIpc) is 3.28. The van der Waals surface area contributed by atoms with Crippen molar-refractivity contribution < 1.29 is 4.74 Å². The number of hydrogen-bond acceptors (Lipinski definition) is 3. The number of hydrogen-bond donors (Lipinski definition) is 0. The Hall–Kier alpha value is -2.26. The second-order valence-electron chi connectivity index (χ2n) is 5.17. The van der Waals surface area contributed by atoms with E-state index in [1.54, 1.807) is 0 Å². The van der Waals surface area contributed by atoms with Gasteiger partial charge in [-0.2, -0.15) is 0 Å². The van der Waals surface area contributed by atoms with Crippen LogP contribution in [0.3, 0.4) is 0 Å². The largest absolute Gasteiger partial charge is 0.358 e. The SMILES string of the molecule is Cc1ccc([C@H]2O[C@H]2c2cnc3ccccc3n2)cc1. The molecular formula is C17H14N2O. The van der Waals surface area contributed by atoms with Crippen LogP contribution in [0.4, 0.5) is 0 Å². The summed E-state index contributed by atoms with van der Waals surface area (Å²) >= 11 is 0. The first-order chi connectivity index (χ1) is 9.81. The summed E-state index contributed by atoms with van der Waals surface area (Å²) in [5.41, 5.74) is 5.22. The Kier molecular flexibility index (Phi) is 2.54. The highest BCUT2D eigenvalue weighted by Crippen LogP contribution is 2.50. The van der Waals surface area contributed by atoms with Gasteiger partial charge in [-0.3, -0.25) is 4.98 Å². The van der Waals surface area contributed by atoms with Gasteiger partial charge in [0.15, 0.2) is 0 Å². The highest BCUT2D eigenvalue weighted by atomic mass is 16.6. The predicted molar refractivity (Wildman–Crippen MR) is 77.3 cm³/mol. The Labute approximate surface area is 117 Å². The second-order valence-corrected chi connectivity index (χ2v) is 5.17. The Morgan fingerprint density at radius 3 is 2.45 bits per heavy atom. The number of fused-ring (bicyclic) bond motifs is 1. The van der Waals surface area contributed by atoms with Crippen molar-refractivity contribution in [1.82, 2.24) is 9.97 Å². The smallest absolute Gasteiger partial charge is 0.132 e. The first kappa shape index (κ1) is 11.6. The van der Waals surface area contributed by atoms with Gasteiger partial charge in [-0.25, -0.2) is 4.98 Å². The number of rotatable bonds is 2. The maximum absolute atomic E-state index is 5.78. The molecule has 4 rings (SSSR count). The van der Waals surface area contributed by atoms with Crippen molar-refractivity contribution >= 4 is 11.0 Å². The van der Waals surface area contributed by atoms with Crippen molar-refractivity contribution in [2.75, 3.05) is 0 Å². The van der Waals surface area contributed by atoms with Gasteiger partial charge in [0.2, 0.25) is 0 Å². The van der Waals surface area contributed by atoms with Crippen LogP contribution in [0.1, 0.15) is 29.0 Å². The third-order valence-corrected chi connectivity index (χ3v) is 3.66. The molecule has 3 heteroatoms. The van der Waals surface area contributed by atoms with E-state index in [2.05, 4.69) is 41.2 Å². The van der Waals surface area contributed by atoms with E-state index in [4.69, 9.17) is 4.74 Å². The van der Waals surface area contributed by atoms with Gasteiger partial charge in [0, 0.05) is 0 Å². The summed E-state index contributed by atoms with van der Waals surface area (Å²) in [6, 6.07) is 16.4. The molecule has 20 heavy (non-hydrogen) atoms. The number of nitrogens with zero attached hydrogens (tertiary/aromatic N) is 2. The molecule has 0 spiro atoms. The molecule has 1 aliphatic heterocycles. The van der Waals surface area contributed by atoms with Crippen molar-refractivity contribution in [1.29, 1.82) is 0 Å². The molecule has 2 heterocycles. The van der Waals surface area contributed by atoms with Gasteiger partial charge in [-0.05, 0) is 24.6 Å². The molecule has 1 aliphatic rings. The van der Waals surface area contributed by atoms with Crippen LogP contribution in [0.5, 0.6) is 0 Å². The summed E-state index contributed by atoms with van der Waals surface area (Å²) in [4.78, 5) is 9.09. The Morgan fingerprint density at radius 1 is 0.900 bits per heavy atom. The molecule has 2 atom stereocenters. The molecule has 0 amide bonds. The van der Waals surface area contributed by atoms with Gasteiger partial charge in [0.1, 0.15) is 12.2 Å². The number of epoxide rings is 1. The number of benzene rings is 2. The Morgan fingerprint density at radius 2 is 1.65 bits per heavy atom. The molecule has 0 bridgehead atoms. The summed E-state index contributed by atoms with van der Waals surface area (Å²) in [5.74, 6) is 0. The fraction of sp³-hybridized carbons (Fsp3) is 0.176. The lowest BCUT2D eigenvalue weighted by atomic mass is 10.1. The number of aromatic nitrogens is 2. The van der Waals surface area contributed by atoms with Crippen molar-refractivity contribution in [2.45, 2.75) is 19.1 Å². The number of para-hydroxylation sites is 2. The van der Waals surface area contributed by atoms with Gasteiger partial charge < -0.3 is 4.74 Å². The molecule has 1 fully saturated rings. The van der Waals surface area contributed by atoms with E-state index in [9.17, 15) is 0 Å². The third-order valence-electron chi connectivity index (χ3n) is 3.66. The van der Waals surface area contributed by atoms with Crippen LogP contribution in [0, 0.1) is 6.92 Å². The zero-order chi connectivity index (χ0) is 13.5. The molecule has 3 aromatic rings. The maximum atomic E-state index is 5.78. The summed E-state index contributed by atoms with van der Waals surface area (Å²) in [6.07, 6.45) is 1.97. The van der Waals surface area contributed by atoms with Crippen molar-refractivity contribution in [3.8, 4) is 0 Å². The molecule has 0 unspecified atom stereocenters. The Bertz CT molecular complexity index is 767. The highest BCUT2D eigenvalue weighted by molar-refractivity contribution is 5.73. The lowest BCUT2D eigenvalue weighted by Crippen LogP contribution is -1.92. The molecule has 98 valence electrons. The molecule has 1 aromatic heterocycles. The second kappa shape index (κ2) is 4.39. The number of ether oxygens (including phenoxy) is 1. The molecule has 0 N–H and O–H groups in total. The lowest BCUT2D eigenvalue weighted by molar-refractivity contribution is 0.375. The summed E-state index contributed by atoms with van der Waals surface area (Å²) < 4.78 is 5.78. The van der Waals surface area contributed by atoms with E-state index in [0.29, 0.717) is 0 Å². The van der Waals surface area contributed by atoms with Crippen LogP contribution in [0.25, 0.3) is 11.0 Å². The van der Waals surface area contributed by atoms with Gasteiger partial charge in [0.05, 0.1) is 22.9 Å². The van der Waals surface area contributed by atoms with Gasteiger partial charge in [-0.1, -0.05) is 42.0 Å². The zero-order valence-corrected chi connectivity index (χ0v) is 11.2. The minimum Gasteiger partial charge on any atom is -0.358 e. The van der Waals surface area contributed by atoms with Gasteiger partial charge in [-0.15, -0.1) is 0 Å². The minimum absolute atomic E-state index is 0.0369. The Balaban J connectivity index is 1.63. The van der Waals surface area contributed by atoms with Gasteiger partial charge in [0.25, 0.3) is 0 Å². The highest BCUT2D eigenvalue weighted by Gasteiger charge is 2.42. The fourth-order valence-corrected chi connectivity index (χ4v) is 2.46. The molecule has 3 nitrogen and oxygen atoms in total.